The Kier molecular flexibility index (Phi) is 6.55. The highest BCUT2D eigenvalue weighted by Crippen LogP contribution is 2.19. The van der Waals surface area contributed by atoms with Crippen LogP contribution in [0, 0.1) is 25.2 Å². The molecule has 1 atom stereocenters. The molecule has 0 amide bonds. The highest BCUT2D eigenvalue weighted by molar-refractivity contribution is 5.37. The Morgan fingerprint density at radius 1 is 1.26 bits per heavy atom. The number of likely N-dealkylation sites (N-methyl/N-ethyl adjacent to an activating group) is 1. The summed E-state index contributed by atoms with van der Waals surface area (Å²) in [6, 6.07) is 8.30. The Morgan fingerprint density at radius 2 is 1.95 bits per heavy atom. The number of hydrogen-bond acceptors (Lipinski definition) is 3. The molecule has 0 bridgehead atoms. The standard InChI is InChI=1S/C16H25N3/c1-5-19(6-2)11-10-18-16(12-17)15-9-7-8-13(3)14(15)4/h7-9,16,18H,5-6,10-11H2,1-4H3. The lowest BCUT2D eigenvalue weighted by Gasteiger charge is -2.20. The maximum absolute atomic E-state index is 9.35. The molecule has 0 aliphatic heterocycles. The highest BCUT2D eigenvalue weighted by Gasteiger charge is 2.13. The van der Waals surface area contributed by atoms with E-state index in [1.165, 1.54) is 11.1 Å². The van der Waals surface area contributed by atoms with E-state index in [2.05, 4.69) is 50.0 Å². The highest BCUT2D eigenvalue weighted by atomic mass is 15.1. The molecule has 1 rings (SSSR count). The van der Waals surface area contributed by atoms with Crippen molar-refractivity contribution in [3.8, 4) is 6.07 Å². The van der Waals surface area contributed by atoms with Gasteiger partial charge in [0, 0.05) is 13.1 Å². The van der Waals surface area contributed by atoms with Crippen molar-refractivity contribution in [2.75, 3.05) is 26.2 Å². The van der Waals surface area contributed by atoms with Crippen LogP contribution in [0.25, 0.3) is 0 Å². The van der Waals surface area contributed by atoms with Crippen LogP contribution < -0.4 is 5.32 Å². The van der Waals surface area contributed by atoms with Gasteiger partial charge in [0.1, 0.15) is 6.04 Å². The Bertz CT molecular complexity index is 430. The monoisotopic (exact) mass is 259 g/mol. The van der Waals surface area contributed by atoms with Gasteiger partial charge < -0.3 is 4.90 Å². The van der Waals surface area contributed by atoms with E-state index in [0.717, 1.165) is 31.7 Å². The summed E-state index contributed by atoms with van der Waals surface area (Å²) in [4.78, 5) is 2.35. The van der Waals surface area contributed by atoms with Crippen molar-refractivity contribution in [1.29, 1.82) is 5.26 Å². The summed E-state index contributed by atoms with van der Waals surface area (Å²) < 4.78 is 0. The summed E-state index contributed by atoms with van der Waals surface area (Å²) in [5.41, 5.74) is 3.55. The third kappa shape index (κ3) is 4.34. The van der Waals surface area contributed by atoms with Crippen molar-refractivity contribution >= 4 is 0 Å². The predicted molar refractivity (Wildman–Crippen MR) is 80.1 cm³/mol. The normalized spacial score (nSPS) is 12.4. The van der Waals surface area contributed by atoms with Gasteiger partial charge in [0.25, 0.3) is 0 Å². The zero-order valence-electron chi connectivity index (χ0n) is 12.5. The van der Waals surface area contributed by atoms with Crippen molar-refractivity contribution in [2.45, 2.75) is 33.7 Å². The first kappa shape index (κ1) is 15.7. The van der Waals surface area contributed by atoms with Crippen LogP contribution in [0.5, 0.6) is 0 Å². The first-order chi connectivity index (χ1) is 9.13. The Morgan fingerprint density at radius 3 is 2.53 bits per heavy atom. The van der Waals surface area contributed by atoms with Gasteiger partial charge in [-0.15, -0.1) is 0 Å². The quantitative estimate of drug-likeness (QED) is 0.818. The second kappa shape index (κ2) is 7.93. The number of rotatable bonds is 7. The Labute approximate surface area is 117 Å². The minimum atomic E-state index is -0.213. The Hall–Kier alpha value is -1.37. The van der Waals surface area contributed by atoms with Crippen LogP contribution in [-0.4, -0.2) is 31.1 Å². The average Bonchev–Trinajstić information content (AvgIpc) is 2.43. The molecular weight excluding hydrogens is 234 g/mol. The lowest BCUT2D eigenvalue weighted by molar-refractivity contribution is 0.300. The number of nitrogens with one attached hydrogen (secondary N) is 1. The van der Waals surface area contributed by atoms with Crippen molar-refractivity contribution < 1.29 is 0 Å². The summed E-state index contributed by atoms with van der Waals surface area (Å²) in [5.74, 6) is 0. The molecule has 0 aliphatic rings. The van der Waals surface area contributed by atoms with Gasteiger partial charge in [-0.25, -0.2) is 0 Å². The molecule has 19 heavy (non-hydrogen) atoms. The molecule has 1 aromatic carbocycles. The van der Waals surface area contributed by atoms with Gasteiger partial charge in [-0.05, 0) is 43.6 Å². The van der Waals surface area contributed by atoms with E-state index in [0.29, 0.717) is 0 Å². The molecule has 0 radical (unpaired) electrons. The number of aryl methyl sites for hydroxylation is 1. The summed E-state index contributed by atoms with van der Waals surface area (Å²) in [7, 11) is 0. The molecule has 0 aliphatic carbocycles. The zero-order valence-corrected chi connectivity index (χ0v) is 12.5. The van der Waals surface area contributed by atoms with Gasteiger partial charge >= 0.3 is 0 Å². The third-order valence-corrected chi connectivity index (χ3v) is 3.76. The van der Waals surface area contributed by atoms with Crippen LogP contribution in [0.2, 0.25) is 0 Å². The van der Waals surface area contributed by atoms with Gasteiger partial charge in [-0.1, -0.05) is 32.0 Å². The van der Waals surface area contributed by atoms with Gasteiger partial charge in [-0.2, -0.15) is 5.26 Å². The summed E-state index contributed by atoms with van der Waals surface area (Å²) in [6.07, 6.45) is 0. The maximum atomic E-state index is 9.35. The summed E-state index contributed by atoms with van der Waals surface area (Å²) >= 11 is 0. The van der Waals surface area contributed by atoms with Crippen LogP contribution in [0.3, 0.4) is 0 Å². The maximum Gasteiger partial charge on any atom is 0.121 e. The summed E-state index contributed by atoms with van der Waals surface area (Å²) in [5, 5.41) is 12.7. The molecule has 0 spiro atoms. The fraction of sp³-hybridized carbons (Fsp3) is 0.562. The van der Waals surface area contributed by atoms with Crippen LogP contribution >= 0.6 is 0 Å². The van der Waals surface area contributed by atoms with Crippen LogP contribution in [0.4, 0.5) is 0 Å². The largest absolute Gasteiger partial charge is 0.303 e. The topological polar surface area (TPSA) is 39.1 Å². The molecule has 0 fully saturated rings. The van der Waals surface area contributed by atoms with E-state index in [-0.39, 0.29) is 6.04 Å². The molecule has 1 aromatic rings. The van der Waals surface area contributed by atoms with E-state index in [1.807, 2.05) is 12.1 Å². The van der Waals surface area contributed by atoms with E-state index in [9.17, 15) is 5.26 Å². The van der Waals surface area contributed by atoms with Crippen LogP contribution in [0.15, 0.2) is 18.2 Å². The molecule has 3 nitrogen and oxygen atoms in total. The number of hydrogen-bond donors (Lipinski definition) is 1. The van der Waals surface area contributed by atoms with E-state index >= 15 is 0 Å². The van der Waals surface area contributed by atoms with Crippen LogP contribution in [0.1, 0.15) is 36.6 Å². The summed E-state index contributed by atoms with van der Waals surface area (Å²) in [6.45, 7) is 12.4. The zero-order chi connectivity index (χ0) is 14.3. The molecule has 0 saturated carbocycles. The van der Waals surface area contributed by atoms with E-state index < -0.39 is 0 Å². The fourth-order valence-corrected chi connectivity index (χ4v) is 2.22. The van der Waals surface area contributed by atoms with Gasteiger partial charge in [0.05, 0.1) is 6.07 Å². The molecule has 0 aromatic heterocycles. The molecule has 3 heteroatoms. The van der Waals surface area contributed by atoms with Crippen molar-refractivity contribution in [3.63, 3.8) is 0 Å². The average molecular weight is 259 g/mol. The van der Waals surface area contributed by atoms with Crippen molar-refractivity contribution in [1.82, 2.24) is 10.2 Å². The third-order valence-electron chi connectivity index (χ3n) is 3.76. The first-order valence-electron chi connectivity index (χ1n) is 7.05. The van der Waals surface area contributed by atoms with Gasteiger partial charge in [0.2, 0.25) is 0 Å². The predicted octanol–water partition coefficient (Wildman–Crippen LogP) is 2.80. The molecule has 104 valence electrons. The molecule has 1 unspecified atom stereocenters. The second-order valence-corrected chi connectivity index (χ2v) is 4.83. The van der Waals surface area contributed by atoms with E-state index in [4.69, 9.17) is 0 Å². The number of nitrogens with zero attached hydrogens (tertiary/aromatic N) is 2. The van der Waals surface area contributed by atoms with Crippen molar-refractivity contribution in [3.05, 3.63) is 34.9 Å². The van der Waals surface area contributed by atoms with Crippen molar-refractivity contribution in [2.24, 2.45) is 0 Å². The second-order valence-electron chi connectivity index (χ2n) is 4.83. The molecular formula is C16H25N3. The molecule has 0 saturated heterocycles. The molecule has 1 N–H and O–H groups in total. The fourth-order valence-electron chi connectivity index (χ4n) is 2.22. The minimum absolute atomic E-state index is 0.213. The molecule has 0 heterocycles. The van der Waals surface area contributed by atoms with Gasteiger partial charge in [0.15, 0.2) is 0 Å². The smallest absolute Gasteiger partial charge is 0.121 e. The number of nitriles is 1. The SMILES string of the molecule is CCN(CC)CCNC(C#N)c1cccc(C)c1C. The first-order valence-corrected chi connectivity index (χ1v) is 7.05. The minimum Gasteiger partial charge on any atom is -0.303 e. The van der Waals surface area contributed by atoms with E-state index in [1.54, 1.807) is 0 Å². The van der Waals surface area contributed by atoms with Gasteiger partial charge in [-0.3, -0.25) is 5.32 Å². The van der Waals surface area contributed by atoms with Crippen LogP contribution in [-0.2, 0) is 0 Å². The number of benzene rings is 1. The lowest BCUT2D eigenvalue weighted by atomic mass is 9.98. The lowest BCUT2D eigenvalue weighted by Crippen LogP contribution is -2.33. The Balaban J connectivity index is 2.64.